The summed E-state index contributed by atoms with van der Waals surface area (Å²) in [5.41, 5.74) is 1.69. The summed E-state index contributed by atoms with van der Waals surface area (Å²) in [6, 6.07) is 8.75. The SMILES string of the molecule is O=C(CCOc1ccccc1)NOCC(F)(F)F. The molecule has 0 atom stereocenters. The van der Waals surface area contributed by atoms with E-state index in [-0.39, 0.29) is 13.0 Å². The van der Waals surface area contributed by atoms with Crippen molar-refractivity contribution >= 4 is 5.91 Å². The third-order valence-electron chi connectivity index (χ3n) is 1.76. The fourth-order valence-electron chi connectivity index (χ4n) is 1.03. The summed E-state index contributed by atoms with van der Waals surface area (Å²) < 4.78 is 40.2. The molecule has 100 valence electrons. The molecule has 0 heterocycles. The second-order valence-electron chi connectivity index (χ2n) is 3.34. The van der Waals surface area contributed by atoms with Crippen molar-refractivity contribution in [1.29, 1.82) is 0 Å². The van der Waals surface area contributed by atoms with Crippen molar-refractivity contribution in [2.24, 2.45) is 0 Å². The molecule has 18 heavy (non-hydrogen) atoms. The van der Waals surface area contributed by atoms with Crippen molar-refractivity contribution in [3.8, 4) is 5.75 Å². The van der Waals surface area contributed by atoms with Gasteiger partial charge in [-0.1, -0.05) is 18.2 Å². The Bertz CT molecular complexity index is 368. The van der Waals surface area contributed by atoms with E-state index < -0.39 is 18.7 Å². The number of alkyl halides is 3. The number of halogens is 3. The van der Waals surface area contributed by atoms with Gasteiger partial charge in [-0.05, 0) is 12.1 Å². The second kappa shape index (κ2) is 6.85. The molecule has 1 amide bonds. The van der Waals surface area contributed by atoms with E-state index in [4.69, 9.17) is 4.74 Å². The van der Waals surface area contributed by atoms with E-state index in [1.165, 1.54) is 0 Å². The van der Waals surface area contributed by atoms with Crippen LogP contribution in [0.1, 0.15) is 6.42 Å². The Labute approximate surface area is 102 Å². The molecule has 1 N–H and O–H groups in total. The topological polar surface area (TPSA) is 47.6 Å². The molecule has 1 aromatic rings. The van der Waals surface area contributed by atoms with E-state index >= 15 is 0 Å². The first-order chi connectivity index (χ1) is 8.47. The highest BCUT2D eigenvalue weighted by Gasteiger charge is 2.28. The molecular weight excluding hydrogens is 251 g/mol. The molecule has 1 rings (SSSR count). The Morgan fingerprint density at radius 1 is 1.22 bits per heavy atom. The summed E-state index contributed by atoms with van der Waals surface area (Å²) in [7, 11) is 0. The minimum absolute atomic E-state index is 0.0607. The number of carbonyl (C=O) groups excluding carboxylic acids is 1. The molecule has 0 fully saturated rings. The van der Waals surface area contributed by atoms with Crippen LogP contribution >= 0.6 is 0 Å². The second-order valence-corrected chi connectivity index (χ2v) is 3.34. The summed E-state index contributed by atoms with van der Waals surface area (Å²) >= 11 is 0. The van der Waals surface area contributed by atoms with Crippen LogP contribution in [0, 0.1) is 0 Å². The van der Waals surface area contributed by atoms with Gasteiger partial charge >= 0.3 is 6.18 Å². The van der Waals surface area contributed by atoms with Crippen molar-refractivity contribution in [3.05, 3.63) is 30.3 Å². The molecule has 0 aliphatic rings. The maximum absolute atomic E-state index is 11.7. The smallest absolute Gasteiger partial charge is 0.414 e. The van der Waals surface area contributed by atoms with Gasteiger partial charge in [-0.3, -0.25) is 9.63 Å². The summed E-state index contributed by atoms with van der Waals surface area (Å²) in [6.07, 6.45) is -4.55. The number of rotatable bonds is 6. The minimum atomic E-state index is -4.46. The zero-order valence-electron chi connectivity index (χ0n) is 9.37. The van der Waals surface area contributed by atoms with Crippen LogP contribution in [0.25, 0.3) is 0 Å². The highest BCUT2D eigenvalue weighted by atomic mass is 19.4. The van der Waals surface area contributed by atoms with E-state index in [1.807, 2.05) is 6.07 Å². The van der Waals surface area contributed by atoms with Crippen molar-refractivity contribution < 1.29 is 27.5 Å². The molecular formula is C11H12F3NO3. The van der Waals surface area contributed by atoms with Gasteiger partial charge in [-0.2, -0.15) is 13.2 Å². The predicted molar refractivity (Wildman–Crippen MR) is 56.7 cm³/mol. The van der Waals surface area contributed by atoms with Gasteiger partial charge in [0.05, 0.1) is 13.0 Å². The lowest BCUT2D eigenvalue weighted by Gasteiger charge is -2.09. The number of hydroxylamine groups is 1. The predicted octanol–water partition coefficient (Wildman–Crippen LogP) is 2.07. The first-order valence-corrected chi connectivity index (χ1v) is 5.12. The highest BCUT2D eigenvalue weighted by Crippen LogP contribution is 2.13. The van der Waals surface area contributed by atoms with Gasteiger partial charge in [0.25, 0.3) is 0 Å². The van der Waals surface area contributed by atoms with Gasteiger partial charge in [0.15, 0.2) is 6.61 Å². The van der Waals surface area contributed by atoms with Gasteiger partial charge in [-0.15, -0.1) is 0 Å². The Morgan fingerprint density at radius 3 is 2.50 bits per heavy atom. The van der Waals surface area contributed by atoms with E-state index in [9.17, 15) is 18.0 Å². The average molecular weight is 263 g/mol. The monoisotopic (exact) mass is 263 g/mol. The molecule has 0 unspecified atom stereocenters. The molecule has 1 aromatic carbocycles. The van der Waals surface area contributed by atoms with E-state index in [0.717, 1.165) is 0 Å². The highest BCUT2D eigenvalue weighted by molar-refractivity contribution is 5.74. The third kappa shape index (κ3) is 6.74. The Morgan fingerprint density at radius 2 is 1.89 bits per heavy atom. The quantitative estimate of drug-likeness (QED) is 0.799. The molecule has 0 aliphatic carbocycles. The van der Waals surface area contributed by atoms with Gasteiger partial charge in [0.2, 0.25) is 5.91 Å². The number of benzene rings is 1. The lowest BCUT2D eigenvalue weighted by molar-refractivity contribution is -0.191. The van der Waals surface area contributed by atoms with Crippen LogP contribution in [0.2, 0.25) is 0 Å². The fourth-order valence-corrected chi connectivity index (χ4v) is 1.03. The number of hydrogen-bond donors (Lipinski definition) is 1. The van der Waals surface area contributed by atoms with Gasteiger partial charge in [-0.25, -0.2) is 5.48 Å². The standard InChI is InChI=1S/C11H12F3NO3/c12-11(13,14)8-18-15-10(16)6-7-17-9-4-2-1-3-5-9/h1-5H,6-8H2,(H,15,16). The molecule has 0 saturated carbocycles. The molecule has 0 spiro atoms. The fraction of sp³-hybridized carbons (Fsp3) is 0.364. The van der Waals surface area contributed by atoms with E-state index in [2.05, 4.69) is 4.84 Å². The summed E-state index contributed by atoms with van der Waals surface area (Å²) in [5.74, 6) is -0.0864. The van der Waals surface area contributed by atoms with E-state index in [0.29, 0.717) is 5.75 Å². The van der Waals surface area contributed by atoms with Crippen LogP contribution in [0.5, 0.6) is 5.75 Å². The molecule has 0 radical (unpaired) electrons. The van der Waals surface area contributed by atoms with Gasteiger partial charge < -0.3 is 4.74 Å². The lowest BCUT2D eigenvalue weighted by Crippen LogP contribution is -2.30. The number of para-hydroxylation sites is 1. The van der Waals surface area contributed by atoms with Gasteiger partial charge in [0.1, 0.15) is 5.75 Å². The summed E-state index contributed by atoms with van der Waals surface area (Å²) in [6.45, 7) is -1.45. The molecule has 7 heteroatoms. The van der Waals surface area contributed by atoms with Crippen molar-refractivity contribution in [2.45, 2.75) is 12.6 Å². The molecule has 0 aliphatic heterocycles. The van der Waals surface area contributed by atoms with Crippen molar-refractivity contribution in [1.82, 2.24) is 5.48 Å². The molecule has 0 saturated heterocycles. The minimum Gasteiger partial charge on any atom is -0.493 e. The third-order valence-corrected chi connectivity index (χ3v) is 1.76. The van der Waals surface area contributed by atoms with Crippen LogP contribution in [-0.4, -0.2) is 25.3 Å². The normalized spacial score (nSPS) is 11.1. The van der Waals surface area contributed by atoms with Crippen LogP contribution < -0.4 is 10.2 Å². The van der Waals surface area contributed by atoms with Crippen LogP contribution in [0.3, 0.4) is 0 Å². The number of ether oxygens (including phenoxy) is 1. The number of nitrogens with one attached hydrogen (secondary N) is 1. The Balaban J connectivity index is 2.11. The zero-order valence-corrected chi connectivity index (χ0v) is 9.37. The van der Waals surface area contributed by atoms with Crippen molar-refractivity contribution in [3.63, 3.8) is 0 Å². The van der Waals surface area contributed by atoms with Crippen LogP contribution in [0.4, 0.5) is 13.2 Å². The maximum atomic E-state index is 11.7. The maximum Gasteiger partial charge on any atom is 0.414 e. The summed E-state index contributed by atoms with van der Waals surface area (Å²) in [4.78, 5) is 15.0. The van der Waals surface area contributed by atoms with Gasteiger partial charge in [0, 0.05) is 0 Å². The number of amides is 1. The molecule has 0 aromatic heterocycles. The first kappa shape index (κ1) is 14.3. The van der Waals surface area contributed by atoms with Crippen LogP contribution in [-0.2, 0) is 9.63 Å². The van der Waals surface area contributed by atoms with Crippen molar-refractivity contribution in [2.75, 3.05) is 13.2 Å². The summed E-state index contributed by atoms with van der Waals surface area (Å²) in [5, 5.41) is 0. The van der Waals surface area contributed by atoms with E-state index in [1.54, 1.807) is 29.7 Å². The largest absolute Gasteiger partial charge is 0.493 e. The zero-order chi connectivity index (χ0) is 13.4. The molecule has 0 bridgehead atoms. The Hall–Kier alpha value is -1.76. The molecule has 4 nitrogen and oxygen atoms in total. The number of carbonyl (C=O) groups is 1. The Kier molecular flexibility index (Phi) is 5.44. The number of hydrogen-bond acceptors (Lipinski definition) is 3. The van der Waals surface area contributed by atoms with Crippen LogP contribution in [0.15, 0.2) is 30.3 Å². The lowest BCUT2D eigenvalue weighted by atomic mass is 10.3. The first-order valence-electron chi connectivity index (χ1n) is 5.12. The average Bonchev–Trinajstić information content (AvgIpc) is 2.28.